The summed E-state index contributed by atoms with van der Waals surface area (Å²) in [5.41, 5.74) is 6.47. The largest absolute Gasteiger partial charge is 0.445 e. The minimum absolute atomic E-state index is 0.140. The third kappa shape index (κ3) is 4.79. The van der Waals surface area contributed by atoms with Crippen LogP contribution in [0.15, 0.2) is 60.2 Å². The van der Waals surface area contributed by atoms with E-state index in [1.54, 1.807) is 0 Å². The van der Waals surface area contributed by atoms with Crippen LogP contribution in [-0.2, 0) is 11.3 Å². The molecule has 5 heteroatoms. The van der Waals surface area contributed by atoms with Crippen molar-refractivity contribution < 1.29 is 9.53 Å². The van der Waals surface area contributed by atoms with Gasteiger partial charge >= 0.3 is 6.09 Å². The molecule has 3 aliphatic rings. The Kier molecular flexibility index (Phi) is 6.41. The van der Waals surface area contributed by atoms with E-state index >= 15 is 0 Å². The van der Waals surface area contributed by atoms with Crippen molar-refractivity contribution in [3.63, 3.8) is 0 Å². The Hall–Kier alpha value is -2.79. The molecule has 2 aromatic rings. The molecule has 1 aliphatic carbocycles. The molecule has 5 nitrogen and oxygen atoms in total. The molecule has 2 aromatic carbocycles. The zero-order valence-corrected chi connectivity index (χ0v) is 19.9. The van der Waals surface area contributed by atoms with E-state index in [2.05, 4.69) is 47.9 Å². The first kappa shape index (κ1) is 22.0. The molecule has 0 radical (unpaired) electrons. The number of piperazine rings is 1. The van der Waals surface area contributed by atoms with E-state index in [-0.39, 0.29) is 12.1 Å². The first-order valence-corrected chi connectivity index (χ1v) is 12.3. The van der Waals surface area contributed by atoms with E-state index in [4.69, 9.17) is 4.74 Å². The van der Waals surface area contributed by atoms with Crippen LogP contribution in [0.4, 0.5) is 10.5 Å². The summed E-state index contributed by atoms with van der Waals surface area (Å²) in [5.74, 6) is 0.568. The van der Waals surface area contributed by atoms with Crippen molar-refractivity contribution in [1.29, 1.82) is 0 Å². The second-order valence-corrected chi connectivity index (χ2v) is 9.85. The lowest BCUT2D eigenvalue weighted by Crippen LogP contribution is -2.46. The molecule has 0 N–H and O–H groups in total. The van der Waals surface area contributed by atoms with Crippen molar-refractivity contribution in [2.45, 2.75) is 45.3 Å². The van der Waals surface area contributed by atoms with Crippen LogP contribution in [0.5, 0.6) is 0 Å². The summed E-state index contributed by atoms with van der Waals surface area (Å²) >= 11 is 0. The van der Waals surface area contributed by atoms with E-state index in [1.807, 2.05) is 35.2 Å². The van der Waals surface area contributed by atoms with Gasteiger partial charge in [0.2, 0.25) is 0 Å². The summed E-state index contributed by atoms with van der Waals surface area (Å²) in [6.07, 6.45) is 4.17. The van der Waals surface area contributed by atoms with Gasteiger partial charge in [0.25, 0.3) is 0 Å². The van der Waals surface area contributed by atoms with Gasteiger partial charge in [-0.05, 0) is 61.4 Å². The molecule has 2 aliphatic heterocycles. The third-order valence-electron chi connectivity index (χ3n) is 7.41. The van der Waals surface area contributed by atoms with E-state index in [9.17, 15) is 4.79 Å². The van der Waals surface area contributed by atoms with Gasteiger partial charge in [-0.1, -0.05) is 48.0 Å². The summed E-state index contributed by atoms with van der Waals surface area (Å²) in [6, 6.07) is 17.0. The molecule has 2 atom stereocenters. The fourth-order valence-electron chi connectivity index (χ4n) is 5.48. The highest BCUT2D eigenvalue weighted by molar-refractivity contribution is 5.70. The Bertz CT molecular complexity index is 1010. The molecule has 2 heterocycles. The lowest BCUT2D eigenvalue weighted by Gasteiger charge is -2.36. The topological polar surface area (TPSA) is 36.0 Å². The summed E-state index contributed by atoms with van der Waals surface area (Å²) in [6.45, 7) is 10.8. The molecule has 2 bridgehead atoms. The van der Waals surface area contributed by atoms with Gasteiger partial charge in [-0.15, -0.1) is 0 Å². The second kappa shape index (κ2) is 9.60. The number of piperidine rings is 1. The number of likely N-dealkylation sites (tertiary alicyclic amines) is 1. The molecule has 1 amide bonds. The van der Waals surface area contributed by atoms with Crippen molar-refractivity contribution in [2.75, 3.05) is 44.2 Å². The molecule has 5 rings (SSSR count). The minimum Gasteiger partial charge on any atom is -0.445 e. The van der Waals surface area contributed by atoms with Crippen LogP contribution in [0.2, 0.25) is 0 Å². The van der Waals surface area contributed by atoms with Gasteiger partial charge in [-0.3, -0.25) is 4.90 Å². The first-order valence-electron chi connectivity index (χ1n) is 12.3. The maximum absolute atomic E-state index is 13.0. The number of anilines is 1. The monoisotopic (exact) mass is 445 g/mol. The second-order valence-electron chi connectivity index (χ2n) is 9.85. The molecule has 0 spiro atoms. The Morgan fingerprint density at radius 1 is 1.00 bits per heavy atom. The number of nitrogens with zero attached hydrogens (tertiary/aromatic N) is 3. The number of hydrogen-bond acceptors (Lipinski definition) is 4. The number of carbonyl (C=O) groups excluding carboxylic acids is 1. The standard InChI is InChI=1S/C28H35N3O2/c1-21(2)10-12-29-14-16-30(17-15-29)24-8-9-25-23-11-13-31(27(18-23)26(25)19-24)28(32)33-20-22-6-4-3-5-7-22/h3-10,19,23,27H,11-18,20H2,1-2H3/t23-,27+/m0/s1. The summed E-state index contributed by atoms with van der Waals surface area (Å²) in [4.78, 5) is 20.0. The molecule has 2 saturated heterocycles. The molecule has 2 fully saturated rings. The number of carbonyl (C=O) groups is 1. The van der Waals surface area contributed by atoms with Crippen LogP contribution in [0.3, 0.4) is 0 Å². The van der Waals surface area contributed by atoms with Crippen molar-refractivity contribution in [2.24, 2.45) is 0 Å². The molecular formula is C28H35N3O2. The van der Waals surface area contributed by atoms with Crippen LogP contribution >= 0.6 is 0 Å². The van der Waals surface area contributed by atoms with Crippen LogP contribution in [-0.4, -0.2) is 55.2 Å². The zero-order chi connectivity index (χ0) is 22.8. The van der Waals surface area contributed by atoms with E-state index in [1.165, 1.54) is 22.4 Å². The fraction of sp³-hybridized carbons (Fsp3) is 0.464. The molecule has 33 heavy (non-hydrogen) atoms. The van der Waals surface area contributed by atoms with Gasteiger partial charge < -0.3 is 14.5 Å². The lowest BCUT2D eigenvalue weighted by atomic mass is 9.96. The van der Waals surface area contributed by atoms with Gasteiger partial charge in [0.05, 0.1) is 6.04 Å². The van der Waals surface area contributed by atoms with Crippen molar-refractivity contribution >= 4 is 11.8 Å². The quantitative estimate of drug-likeness (QED) is 0.582. The van der Waals surface area contributed by atoms with Crippen molar-refractivity contribution in [3.05, 3.63) is 76.9 Å². The minimum atomic E-state index is -0.187. The maximum Gasteiger partial charge on any atom is 0.410 e. The molecule has 0 aromatic heterocycles. The van der Waals surface area contributed by atoms with E-state index in [0.29, 0.717) is 12.5 Å². The number of fused-ring (bicyclic) bond motifs is 5. The van der Waals surface area contributed by atoms with Crippen molar-refractivity contribution in [1.82, 2.24) is 9.80 Å². The highest BCUT2D eigenvalue weighted by atomic mass is 16.6. The number of ether oxygens (including phenoxy) is 1. The third-order valence-corrected chi connectivity index (χ3v) is 7.41. The van der Waals surface area contributed by atoms with E-state index < -0.39 is 0 Å². The maximum atomic E-state index is 13.0. The number of hydrogen-bond donors (Lipinski definition) is 0. The molecule has 174 valence electrons. The number of allylic oxidation sites excluding steroid dienone is 1. The number of amides is 1. The van der Waals surface area contributed by atoms with Gasteiger partial charge in [0, 0.05) is 45.0 Å². The predicted molar refractivity (Wildman–Crippen MR) is 133 cm³/mol. The Morgan fingerprint density at radius 3 is 2.55 bits per heavy atom. The highest BCUT2D eigenvalue weighted by Crippen LogP contribution is 2.50. The molecular weight excluding hydrogens is 410 g/mol. The van der Waals surface area contributed by atoms with Gasteiger partial charge in [0.15, 0.2) is 0 Å². The lowest BCUT2D eigenvalue weighted by molar-refractivity contribution is 0.0694. The molecule has 0 unspecified atom stereocenters. The highest BCUT2D eigenvalue weighted by Gasteiger charge is 2.41. The normalized spacial score (nSPS) is 22.1. The number of rotatable bonds is 5. The van der Waals surface area contributed by atoms with Crippen LogP contribution < -0.4 is 4.90 Å². The Balaban J connectivity index is 1.26. The van der Waals surface area contributed by atoms with Crippen LogP contribution in [0.25, 0.3) is 0 Å². The SMILES string of the molecule is CC(C)=CCN1CCN(c2ccc3c(c2)[C@H]2C[C@@H]3CCN2C(=O)OCc2ccccc2)CC1. The van der Waals surface area contributed by atoms with E-state index in [0.717, 1.165) is 57.7 Å². The van der Waals surface area contributed by atoms with Gasteiger partial charge in [-0.2, -0.15) is 0 Å². The Morgan fingerprint density at radius 2 is 1.79 bits per heavy atom. The Labute approximate surface area is 197 Å². The zero-order valence-electron chi connectivity index (χ0n) is 19.9. The summed E-state index contributed by atoms with van der Waals surface area (Å²) < 4.78 is 5.70. The summed E-state index contributed by atoms with van der Waals surface area (Å²) in [7, 11) is 0. The van der Waals surface area contributed by atoms with Crippen molar-refractivity contribution in [3.8, 4) is 0 Å². The first-order chi connectivity index (χ1) is 16.1. The molecule has 0 saturated carbocycles. The summed E-state index contributed by atoms with van der Waals surface area (Å²) in [5, 5.41) is 0. The smallest absolute Gasteiger partial charge is 0.410 e. The van der Waals surface area contributed by atoms with Gasteiger partial charge in [-0.25, -0.2) is 4.79 Å². The predicted octanol–water partition coefficient (Wildman–Crippen LogP) is 5.35. The number of benzene rings is 2. The van der Waals surface area contributed by atoms with Crippen LogP contribution in [0.1, 0.15) is 55.3 Å². The van der Waals surface area contributed by atoms with Gasteiger partial charge in [0.1, 0.15) is 6.61 Å². The average molecular weight is 446 g/mol. The average Bonchev–Trinajstić information content (AvgIpc) is 3.13. The fourth-order valence-corrected chi connectivity index (χ4v) is 5.48. The van der Waals surface area contributed by atoms with Crippen LogP contribution in [0, 0.1) is 0 Å².